The Bertz CT molecular complexity index is 789. The predicted octanol–water partition coefficient (Wildman–Crippen LogP) is 2.31. The van der Waals surface area contributed by atoms with E-state index in [1.807, 2.05) is 6.07 Å². The van der Waals surface area contributed by atoms with Gasteiger partial charge in [-0.1, -0.05) is 18.2 Å². The van der Waals surface area contributed by atoms with Crippen LogP contribution in [0.4, 0.5) is 5.69 Å². The number of carboxylic acid groups (broad SMARTS) is 1. The molecular weight excluding hydrogens is 322 g/mol. The standard InChI is InChI=1S/C15H15NO6S/c1-23(19,20)16-13-9-12(21-10-15(17)18)7-8-14(13)22-11-5-3-2-4-6-11/h2-9,16H,10H2,1H3,(H,17,18). The van der Waals surface area contributed by atoms with E-state index in [2.05, 4.69) is 4.72 Å². The number of carbonyl (C=O) groups is 1. The molecule has 0 spiro atoms. The number of ether oxygens (including phenoxy) is 2. The first-order chi connectivity index (χ1) is 10.8. The van der Waals surface area contributed by atoms with Crippen molar-refractivity contribution in [2.75, 3.05) is 17.6 Å². The minimum atomic E-state index is -3.54. The summed E-state index contributed by atoms with van der Waals surface area (Å²) in [5.41, 5.74) is 0.152. The van der Waals surface area contributed by atoms with Crippen LogP contribution in [-0.4, -0.2) is 32.4 Å². The molecule has 0 fully saturated rings. The monoisotopic (exact) mass is 337 g/mol. The van der Waals surface area contributed by atoms with Crippen LogP contribution < -0.4 is 14.2 Å². The van der Waals surface area contributed by atoms with E-state index >= 15 is 0 Å². The average Bonchev–Trinajstić information content (AvgIpc) is 2.47. The van der Waals surface area contributed by atoms with E-state index in [-0.39, 0.29) is 17.2 Å². The van der Waals surface area contributed by atoms with Crippen LogP contribution >= 0.6 is 0 Å². The summed E-state index contributed by atoms with van der Waals surface area (Å²) in [4.78, 5) is 10.5. The molecule has 0 unspecified atom stereocenters. The first-order valence-corrected chi connectivity index (χ1v) is 8.42. The van der Waals surface area contributed by atoms with E-state index in [0.717, 1.165) is 6.26 Å². The molecule has 0 aliphatic carbocycles. The van der Waals surface area contributed by atoms with Gasteiger partial charge < -0.3 is 14.6 Å². The topological polar surface area (TPSA) is 102 Å². The van der Waals surface area contributed by atoms with Gasteiger partial charge in [-0.3, -0.25) is 4.72 Å². The first-order valence-electron chi connectivity index (χ1n) is 6.53. The zero-order chi connectivity index (χ0) is 16.9. The van der Waals surface area contributed by atoms with Gasteiger partial charge in [-0.25, -0.2) is 13.2 Å². The number of para-hydroxylation sites is 1. The van der Waals surface area contributed by atoms with Gasteiger partial charge in [-0.05, 0) is 24.3 Å². The van der Waals surface area contributed by atoms with Crippen LogP contribution in [0, 0.1) is 0 Å². The second-order valence-corrected chi connectivity index (χ2v) is 6.38. The molecule has 0 saturated heterocycles. The highest BCUT2D eigenvalue weighted by molar-refractivity contribution is 7.92. The third kappa shape index (κ3) is 5.51. The Hall–Kier alpha value is -2.74. The Labute approximate surface area is 133 Å². The SMILES string of the molecule is CS(=O)(=O)Nc1cc(OCC(=O)O)ccc1Oc1ccccc1. The van der Waals surface area contributed by atoms with E-state index in [0.29, 0.717) is 5.75 Å². The molecule has 122 valence electrons. The second kappa shape index (κ2) is 7.01. The molecular formula is C15H15NO6S. The van der Waals surface area contributed by atoms with Crippen LogP contribution in [0.15, 0.2) is 48.5 Å². The summed E-state index contributed by atoms with van der Waals surface area (Å²) in [5, 5.41) is 8.62. The van der Waals surface area contributed by atoms with Gasteiger partial charge >= 0.3 is 5.97 Å². The zero-order valence-corrected chi connectivity index (χ0v) is 13.0. The van der Waals surface area contributed by atoms with E-state index in [1.54, 1.807) is 24.3 Å². The molecule has 2 rings (SSSR count). The summed E-state index contributed by atoms with van der Waals surface area (Å²) < 4.78 is 36.0. The minimum Gasteiger partial charge on any atom is -0.482 e. The molecule has 2 aromatic carbocycles. The second-order valence-electron chi connectivity index (χ2n) is 4.63. The fourth-order valence-electron chi connectivity index (χ4n) is 1.73. The Balaban J connectivity index is 2.30. The molecule has 2 N–H and O–H groups in total. The lowest BCUT2D eigenvalue weighted by Gasteiger charge is -2.13. The van der Waals surface area contributed by atoms with Gasteiger partial charge in [0.15, 0.2) is 12.4 Å². The Morgan fingerprint density at radius 2 is 1.83 bits per heavy atom. The maximum atomic E-state index is 11.5. The molecule has 0 atom stereocenters. The summed E-state index contributed by atoms with van der Waals surface area (Å²) in [6.45, 7) is -0.531. The van der Waals surface area contributed by atoms with Crippen molar-refractivity contribution in [2.24, 2.45) is 0 Å². The molecule has 0 aliphatic heterocycles. The Morgan fingerprint density at radius 1 is 1.13 bits per heavy atom. The van der Waals surface area contributed by atoms with Gasteiger partial charge in [0.05, 0.1) is 11.9 Å². The van der Waals surface area contributed by atoms with Gasteiger partial charge in [0, 0.05) is 6.07 Å². The largest absolute Gasteiger partial charge is 0.482 e. The van der Waals surface area contributed by atoms with Crippen molar-refractivity contribution < 1.29 is 27.8 Å². The van der Waals surface area contributed by atoms with Gasteiger partial charge in [-0.15, -0.1) is 0 Å². The maximum absolute atomic E-state index is 11.5. The quantitative estimate of drug-likeness (QED) is 0.804. The molecule has 0 radical (unpaired) electrons. The molecule has 7 nitrogen and oxygen atoms in total. The van der Waals surface area contributed by atoms with Crippen LogP contribution in [0.5, 0.6) is 17.2 Å². The maximum Gasteiger partial charge on any atom is 0.341 e. The van der Waals surface area contributed by atoms with E-state index in [1.165, 1.54) is 18.2 Å². The third-order valence-electron chi connectivity index (χ3n) is 2.58. The van der Waals surface area contributed by atoms with E-state index in [4.69, 9.17) is 14.6 Å². The van der Waals surface area contributed by atoms with Crippen molar-refractivity contribution in [3.63, 3.8) is 0 Å². The lowest BCUT2D eigenvalue weighted by molar-refractivity contribution is -0.139. The van der Waals surface area contributed by atoms with Crippen LogP contribution in [-0.2, 0) is 14.8 Å². The fourth-order valence-corrected chi connectivity index (χ4v) is 2.29. The van der Waals surface area contributed by atoms with Crippen LogP contribution in [0.2, 0.25) is 0 Å². The summed E-state index contributed by atoms with van der Waals surface area (Å²) in [5.74, 6) is -0.126. The number of sulfonamides is 1. The average molecular weight is 337 g/mol. The first kappa shape index (κ1) is 16.6. The number of rotatable bonds is 7. The number of aliphatic carboxylic acids is 1. The van der Waals surface area contributed by atoms with Gasteiger partial charge in [-0.2, -0.15) is 0 Å². The highest BCUT2D eigenvalue weighted by Crippen LogP contribution is 2.33. The van der Waals surface area contributed by atoms with Crippen molar-refractivity contribution in [3.05, 3.63) is 48.5 Å². The highest BCUT2D eigenvalue weighted by Gasteiger charge is 2.12. The van der Waals surface area contributed by atoms with Crippen LogP contribution in [0.25, 0.3) is 0 Å². The van der Waals surface area contributed by atoms with Crippen molar-refractivity contribution in [1.82, 2.24) is 0 Å². The van der Waals surface area contributed by atoms with E-state index in [9.17, 15) is 13.2 Å². The number of benzene rings is 2. The molecule has 2 aromatic rings. The molecule has 0 heterocycles. The van der Waals surface area contributed by atoms with Crippen LogP contribution in [0.1, 0.15) is 0 Å². The van der Waals surface area contributed by atoms with Gasteiger partial charge in [0.25, 0.3) is 0 Å². The van der Waals surface area contributed by atoms with Crippen molar-refractivity contribution in [2.45, 2.75) is 0 Å². The molecule has 8 heteroatoms. The van der Waals surface area contributed by atoms with Gasteiger partial charge in [0.2, 0.25) is 10.0 Å². The smallest absolute Gasteiger partial charge is 0.341 e. The van der Waals surface area contributed by atoms with Crippen molar-refractivity contribution in [1.29, 1.82) is 0 Å². The summed E-state index contributed by atoms with van der Waals surface area (Å²) >= 11 is 0. The number of carboxylic acids is 1. The van der Waals surface area contributed by atoms with E-state index < -0.39 is 22.6 Å². The predicted molar refractivity (Wildman–Crippen MR) is 84.6 cm³/mol. The van der Waals surface area contributed by atoms with Gasteiger partial charge in [0.1, 0.15) is 11.5 Å². The lowest BCUT2D eigenvalue weighted by atomic mass is 10.2. The number of hydrogen-bond acceptors (Lipinski definition) is 5. The molecule has 0 amide bonds. The van der Waals surface area contributed by atoms with Crippen molar-refractivity contribution in [3.8, 4) is 17.2 Å². The van der Waals surface area contributed by atoms with Crippen molar-refractivity contribution >= 4 is 21.7 Å². The molecule has 0 aliphatic rings. The molecule has 23 heavy (non-hydrogen) atoms. The molecule has 0 bridgehead atoms. The third-order valence-corrected chi connectivity index (χ3v) is 3.17. The normalized spacial score (nSPS) is 10.8. The molecule has 0 saturated carbocycles. The minimum absolute atomic E-state index is 0.152. The van der Waals surface area contributed by atoms with Crippen LogP contribution in [0.3, 0.4) is 0 Å². The zero-order valence-electron chi connectivity index (χ0n) is 12.2. The summed E-state index contributed by atoms with van der Waals surface area (Å²) in [7, 11) is -3.54. The highest BCUT2D eigenvalue weighted by atomic mass is 32.2. The molecule has 0 aromatic heterocycles. The number of anilines is 1. The Kier molecular flexibility index (Phi) is 5.07. The number of hydrogen-bond donors (Lipinski definition) is 2. The Morgan fingerprint density at radius 3 is 2.43 bits per heavy atom. The summed E-state index contributed by atoms with van der Waals surface area (Å²) in [6, 6.07) is 13.2. The fraction of sp³-hybridized carbons (Fsp3) is 0.133. The lowest BCUT2D eigenvalue weighted by Crippen LogP contribution is -2.12. The summed E-state index contributed by atoms with van der Waals surface area (Å²) in [6.07, 6.45) is 1.00. The number of nitrogens with one attached hydrogen (secondary N) is 1.